The Morgan fingerprint density at radius 1 is 1.07 bits per heavy atom. The number of rotatable bonds is 6. The molecule has 2 saturated heterocycles. The molecule has 0 saturated carbocycles. The molecule has 0 aliphatic carbocycles. The van der Waals surface area contributed by atoms with Crippen molar-refractivity contribution in [1.82, 2.24) is 14.7 Å². The summed E-state index contributed by atoms with van der Waals surface area (Å²) in [5.74, 6) is -1.31. The Morgan fingerprint density at radius 2 is 1.75 bits per heavy atom. The molecule has 0 spiro atoms. The van der Waals surface area contributed by atoms with Gasteiger partial charge in [0.15, 0.2) is 0 Å². The average Bonchev–Trinajstić information content (AvgIpc) is 2.72. The van der Waals surface area contributed by atoms with Crippen LogP contribution in [0.3, 0.4) is 0 Å². The van der Waals surface area contributed by atoms with Crippen LogP contribution < -0.4 is 0 Å². The van der Waals surface area contributed by atoms with E-state index in [1.165, 1.54) is 4.90 Å². The van der Waals surface area contributed by atoms with Crippen LogP contribution in [0.4, 0.5) is 0 Å². The van der Waals surface area contributed by atoms with Crippen molar-refractivity contribution in [3.63, 3.8) is 0 Å². The van der Waals surface area contributed by atoms with Gasteiger partial charge < -0.3 is 19.8 Å². The first-order valence-corrected chi connectivity index (χ1v) is 10.1. The molecule has 1 aromatic rings. The third-order valence-electron chi connectivity index (χ3n) is 5.56. The maximum Gasteiger partial charge on any atom is 0.313 e. The number of hydrogen-bond acceptors (Lipinski definition) is 4. The molecule has 7 nitrogen and oxygen atoms in total. The molecule has 2 heterocycles. The average molecular weight is 387 g/mol. The van der Waals surface area contributed by atoms with E-state index in [-0.39, 0.29) is 12.0 Å². The van der Waals surface area contributed by atoms with E-state index in [9.17, 15) is 19.5 Å². The normalized spacial score (nSPS) is 19.9. The summed E-state index contributed by atoms with van der Waals surface area (Å²) in [5.41, 5.74) is 0.710. The Kier molecular flexibility index (Phi) is 6.67. The molecule has 1 N–H and O–H groups in total. The molecule has 0 aromatic heterocycles. The van der Waals surface area contributed by atoms with Crippen molar-refractivity contribution in [1.29, 1.82) is 0 Å². The Labute approximate surface area is 165 Å². The number of nitrogens with zero attached hydrogens (tertiary/aromatic N) is 3. The Morgan fingerprint density at radius 3 is 2.39 bits per heavy atom. The monoisotopic (exact) mass is 387 g/mol. The zero-order valence-electron chi connectivity index (χ0n) is 16.4. The Bertz CT molecular complexity index is 701. The van der Waals surface area contributed by atoms with Gasteiger partial charge in [0.05, 0.1) is 6.10 Å². The predicted octanol–water partition coefficient (Wildman–Crippen LogP) is 1.18. The van der Waals surface area contributed by atoms with Crippen molar-refractivity contribution >= 4 is 17.7 Å². The lowest BCUT2D eigenvalue weighted by Crippen LogP contribution is -2.58. The highest BCUT2D eigenvalue weighted by Gasteiger charge is 2.41. The van der Waals surface area contributed by atoms with Gasteiger partial charge in [-0.25, -0.2) is 0 Å². The minimum atomic E-state index is -0.804. The fourth-order valence-electron chi connectivity index (χ4n) is 3.85. The van der Waals surface area contributed by atoms with Crippen LogP contribution in [0.1, 0.15) is 44.2 Å². The van der Waals surface area contributed by atoms with Gasteiger partial charge in [-0.2, -0.15) is 0 Å². The lowest BCUT2D eigenvalue weighted by atomic mass is 10.00. The Balaban J connectivity index is 1.83. The smallest absolute Gasteiger partial charge is 0.313 e. The van der Waals surface area contributed by atoms with Gasteiger partial charge >= 0.3 is 11.8 Å². The van der Waals surface area contributed by atoms with E-state index in [2.05, 4.69) is 0 Å². The second-order valence-corrected chi connectivity index (χ2v) is 7.51. The van der Waals surface area contributed by atoms with E-state index >= 15 is 0 Å². The molecule has 0 radical (unpaired) electrons. The number of carbonyl (C=O) groups excluding carboxylic acids is 3. The number of piperidine rings is 1. The number of carbonyl (C=O) groups is 3. The summed E-state index contributed by atoms with van der Waals surface area (Å²) in [6.07, 6.45) is 2.49. The van der Waals surface area contributed by atoms with Crippen molar-refractivity contribution in [3.05, 3.63) is 35.9 Å². The second-order valence-electron chi connectivity index (χ2n) is 7.51. The molecule has 152 valence electrons. The minimum absolute atomic E-state index is 0.179. The highest BCUT2D eigenvalue weighted by atomic mass is 16.3. The number of piperazine rings is 1. The number of benzene rings is 1. The number of likely N-dealkylation sites (tertiary alicyclic amines) is 1. The first kappa shape index (κ1) is 20.3. The number of hydrogen-bond donors (Lipinski definition) is 1. The molecule has 0 unspecified atom stereocenters. The lowest BCUT2D eigenvalue weighted by Gasteiger charge is -2.40. The molecular weight excluding hydrogens is 358 g/mol. The van der Waals surface area contributed by atoms with Gasteiger partial charge in [-0.1, -0.05) is 43.7 Å². The van der Waals surface area contributed by atoms with Crippen LogP contribution in [0.2, 0.25) is 0 Å². The quantitative estimate of drug-likeness (QED) is 0.744. The maximum atomic E-state index is 13.3. The predicted molar refractivity (Wildman–Crippen MR) is 104 cm³/mol. The van der Waals surface area contributed by atoms with Crippen LogP contribution in [0.15, 0.2) is 30.3 Å². The fraction of sp³-hybridized carbons (Fsp3) is 0.571. The van der Waals surface area contributed by atoms with Gasteiger partial charge in [-0.05, 0) is 24.8 Å². The van der Waals surface area contributed by atoms with E-state index in [1.54, 1.807) is 9.80 Å². The van der Waals surface area contributed by atoms with E-state index < -0.39 is 17.9 Å². The zero-order valence-corrected chi connectivity index (χ0v) is 16.4. The SMILES string of the molecule is CCCCN1CCN([C@@H](C(=O)N2CCC(O)CC2)c2ccccc2)C(=O)C1=O. The molecule has 3 amide bonds. The van der Waals surface area contributed by atoms with E-state index in [0.29, 0.717) is 51.1 Å². The molecule has 2 aliphatic heterocycles. The maximum absolute atomic E-state index is 13.3. The summed E-state index contributed by atoms with van der Waals surface area (Å²) in [5, 5.41) is 9.74. The summed E-state index contributed by atoms with van der Waals surface area (Å²) in [4.78, 5) is 43.5. The summed E-state index contributed by atoms with van der Waals surface area (Å²) in [6.45, 7) is 4.32. The molecular formula is C21H29N3O4. The first-order valence-electron chi connectivity index (χ1n) is 10.1. The molecule has 0 bridgehead atoms. The van der Waals surface area contributed by atoms with Gasteiger partial charge in [-0.15, -0.1) is 0 Å². The molecule has 3 rings (SSSR count). The summed E-state index contributed by atoms with van der Waals surface area (Å²) in [7, 11) is 0. The van der Waals surface area contributed by atoms with E-state index in [4.69, 9.17) is 0 Å². The third kappa shape index (κ3) is 4.35. The zero-order chi connectivity index (χ0) is 20.1. The summed E-state index contributed by atoms with van der Waals surface area (Å²) < 4.78 is 0. The van der Waals surface area contributed by atoms with Crippen molar-refractivity contribution < 1.29 is 19.5 Å². The highest BCUT2D eigenvalue weighted by Crippen LogP contribution is 2.27. The largest absolute Gasteiger partial charge is 0.393 e. The van der Waals surface area contributed by atoms with Crippen LogP contribution >= 0.6 is 0 Å². The standard InChI is InChI=1S/C21H29N3O4/c1-2-3-11-22-14-15-24(21(28)20(22)27)18(16-7-5-4-6-8-16)19(26)23-12-9-17(25)10-13-23/h4-8,17-18,25H,2-3,9-15H2,1H3/t18-/m1/s1. The number of amides is 3. The number of aliphatic hydroxyl groups excluding tert-OH is 1. The van der Waals surface area contributed by atoms with Crippen molar-refractivity contribution in [2.45, 2.75) is 44.8 Å². The number of aliphatic hydroxyl groups is 1. The molecule has 7 heteroatoms. The van der Waals surface area contributed by atoms with Crippen LogP contribution in [-0.4, -0.2) is 76.4 Å². The molecule has 1 atom stereocenters. The highest BCUT2D eigenvalue weighted by molar-refractivity contribution is 6.35. The van der Waals surface area contributed by atoms with Gasteiger partial charge in [0.25, 0.3) is 0 Å². The van der Waals surface area contributed by atoms with E-state index in [0.717, 1.165) is 12.8 Å². The first-order chi connectivity index (χ1) is 13.5. The third-order valence-corrected chi connectivity index (χ3v) is 5.56. The summed E-state index contributed by atoms with van der Waals surface area (Å²) in [6, 6.07) is 8.36. The van der Waals surface area contributed by atoms with Gasteiger partial charge in [0.1, 0.15) is 6.04 Å². The second kappa shape index (κ2) is 9.19. The van der Waals surface area contributed by atoms with Crippen LogP contribution in [0.5, 0.6) is 0 Å². The summed E-state index contributed by atoms with van der Waals surface area (Å²) >= 11 is 0. The van der Waals surface area contributed by atoms with Gasteiger partial charge in [0.2, 0.25) is 5.91 Å². The van der Waals surface area contributed by atoms with Crippen LogP contribution in [0, 0.1) is 0 Å². The molecule has 1 aromatic carbocycles. The van der Waals surface area contributed by atoms with E-state index in [1.807, 2.05) is 37.3 Å². The van der Waals surface area contributed by atoms with Gasteiger partial charge in [0, 0.05) is 32.7 Å². The molecule has 2 fully saturated rings. The molecule has 28 heavy (non-hydrogen) atoms. The van der Waals surface area contributed by atoms with Crippen molar-refractivity contribution in [3.8, 4) is 0 Å². The Hall–Kier alpha value is -2.41. The van der Waals surface area contributed by atoms with Crippen LogP contribution in [-0.2, 0) is 14.4 Å². The topological polar surface area (TPSA) is 81.2 Å². The van der Waals surface area contributed by atoms with Crippen LogP contribution in [0.25, 0.3) is 0 Å². The molecule has 2 aliphatic rings. The van der Waals surface area contributed by atoms with Crippen molar-refractivity contribution in [2.24, 2.45) is 0 Å². The minimum Gasteiger partial charge on any atom is -0.393 e. The fourth-order valence-corrected chi connectivity index (χ4v) is 3.85. The van der Waals surface area contributed by atoms with Crippen molar-refractivity contribution in [2.75, 3.05) is 32.7 Å². The van der Waals surface area contributed by atoms with Gasteiger partial charge in [-0.3, -0.25) is 14.4 Å². The number of unbranched alkanes of at least 4 members (excludes halogenated alkanes) is 1. The lowest BCUT2D eigenvalue weighted by molar-refractivity contribution is -0.161.